The normalized spacial score (nSPS) is 18.3. The van der Waals surface area contributed by atoms with E-state index in [2.05, 4.69) is 10.2 Å². The third-order valence-corrected chi connectivity index (χ3v) is 3.57. The summed E-state index contributed by atoms with van der Waals surface area (Å²) in [4.78, 5) is 2.39. The van der Waals surface area contributed by atoms with Gasteiger partial charge in [0.05, 0.1) is 7.11 Å². The Hall–Kier alpha value is -1.17. The molecule has 4 nitrogen and oxygen atoms in total. The molecular weight excluding hydrogens is 245 g/mol. The number of nitrogens with two attached hydrogens (primary N) is 1. The van der Waals surface area contributed by atoms with Crippen LogP contribution in [0.5, 0.6) is 5.75 Å². The van der Waals surface area contributed by atoms with E-state index in [0.29, 0.717) is 0 Å². The van der Waals surface area contributed by atoms with Gasteiger partial charge in [0.25, 0.3) is 0 Å². The number of piperazine rings is 1. The molecule has 1 heterocycles. The van der Waals surface area contributed by atoms with E-state index < -0.39 is 0 Å². The van der Waals surface area contributed by atoms with Crippen molar-refractivity contribution in [3.63, 3.8) is 0 Å². The van der Waals surface area contributed by atoms with Gasteiger partial charge in [-0.2, -0.15) is 0 Å². The number of ether oxygens (including phenoxy) is 1. The molecule has 1 aliphatic heterocycles. The second-order valence-electron chi connectivity index (χ2n) is 4.88. The molecule has 106 valence electrons. The third kappa shape index (κ3) is 3.89. The Morgan fingerprint density at radius 1 is 1.42 bits per heavy atom. The van der Waals surface area contributed by atoms with Crippen LogP contribution in [0.1, 0.15) is 18.0 Å². The van der Waals surface area contributed by atoms with Gasteiger partial charge in [-0.15, -0.1) is 0 Å². The van der Waals surface area contributed by atoms with Crippen LogP contribution in [0, 0.1) is 5.82 Å². The van der Waals surface area contributed by atoms with Crippen LogP contribution in [0.3, 0.4) is 0 Å². The van der Waals surface area contributed by atoms with Crippen LogP contribution in [0.4, 0.5) is 4.39 Å². The lowest BCUT2D eigenvalue weighted by Gasteiger charge is -2.28. The van der Waals surface area contributed by atoms with E-state index in [-0.39, 0.29) is 17.6 Å². The minimum atomic E-state index is -0.349. The van der Waals surface area contributed by atoms with Gasteiger partial charge in [-0.1, -0.05) is 6.07 Å². The van der Waals surface area contributed by atoms with E-state index in [1.807, 2.05) is 6.07 Å². The smallest absolute Gasteiger partial charge is 0.165 e. The minimum absolute atomic E-state index is 0.129. The molecule has 1 aliphatic rings. The molecular formula is C14H22FN3O. The number of benzene rings is 1. The number of halogens is 1. The van der Waals surface area contributed by atoms with E-state index in [9.17, 15) is 4.39 Å². The monoisotopic (exact) mass is 267 g/mol. The van der Waals surface area contributed by atoms with Crippen molar-refractivity contribution < 1.29 is 9.13 Å². The summed E-state index contributed by atoms with van der Waals surface area (Å²) in [5, 5.41) is 3.32. The lowest BCUT2D eigenvalue weighted by atomic mass is 10.0. The Labute approximate surface area is 113 Å². The molecule has 1 aromatic carbocycles. The molecule has 1 unspecified atom stereocenters. The Bertz CT molecular complexity index is 408. The van der Waals surface area contributed by atoms with Crippen LogP contribution < -0.4 is 15.8 Å². The van der Waals surface area contributed by atoms with Crippen LogP contribution in [0.15, 0.2) is 18.2 Å². The van der Waals surface area contributed by atoms with Crippen molar-refractivity contribution >= 4 is 0 Å². The van der Waals surface area contributed by atoms with Gasteiger partial charge in [0.2, 0.25) is 0 Å². The lowest BCUT2D eigenvalue weighted by molar-refractivity contribution is 0.233. The first-order valence-corrected chi connectivity index (χ1v) is 6.73. The van der Waals surface area contributed by atoms with Gasteiger partial charge >= 0.3 is 0 Å². The standard InChI is InChI=1S/C14H22FN3O/c1-19-14-3-2-11(10-12(14)15)13(16)4-7-18-8-5-17-6-9-18/h2-3,10,13,17H,4-9,16H2,1H3. The predicted octanol–water partition coefficient (Wildman–Crippen LogP) is 1.13. The molecule has 1 saturated heterocycles. The molecule has 5 heteroatoms. The Kier molecular flexibility index (Phi) is 5.13. The van der Waals surface area contributed by atoms with Gasteiger partial charge in [0.15, 0.2) is 11.6 Å². The molecule has 1 atom stereocenters. The first kappa shape index (κ1) is 14.2. The predicted molar refractivity (Wildman–Crippen MR) is 73.8 cm³/mol. The van der Waals surface area contributed by atoms with Crippen LogP contribution in [0.25, 0.3) is 0 Å². The van der Waals surface area contributed by atoms with Gasteiger partial charge in [0.1, 0.15) is 0 Å². The average Bonchev–Trinajstić information content (AvgIpc) is 2.45. The number of nitrogens with zero attached hydrogens (tertiary/aromatic N) is 1. The number of methoxy groups -OCH3 is 1. The van der Waals surface area contributed by atoms with Gasteiger partial charge in [-0.05, 0) is 24.1 Å². The highest BCUT2D eigenvalue weighted by Gasteiger charge is 2.13. The Morgan fingerprint density at radius 3 is 2.79 bits per heavy atom. The van der Waals surface area contributed by atoms with Crippen molar-refractivity contribution in [2.45, 2.75) is 12.5 Å². The molecule has 1 aromatic rings. The number of hydrogen-bond donors (Lipinski definition) is 2. The maximum Gasteiger partial charge on any atom is 0.165 e. The van der Waals surface area contributed by atoms with Crippen molar-refractivity contribution in [1.29, 1.82) is 0 Å². The van der Waals surface area contributed by atoms with E-state index >= 15 is 0 Å². The number of rotatable bonds is 5. The second kappa shape index (κ2) is 6.84. The molecule has 0 bridgehead atoms. The highest BCUT2D eigenvalue weighted by Crippen LogP contribution is 2.22. The zero-order valence-electron chi connectivity index (χ0n) is 11.4. The summed E-state index contributed by atoms with van der Waals surface area (Å²) >= 11 is 0. The molecule has 0 aromatic heterocycles. The van der Waals surface area contributed by atoms with E-state index in [4.69, 9.17) is 10.5 Å². The van der Waals surface area contributed by atoms with Crippen LogP contribution >= 0.6 is 0 Å². The first-order chi connectivity index (χ1) is 9.20. The summed E-state index contributed by atoms with van der Waals surface area (Å²) in [5.74, 6) is -0.0873. The summed E-state index contributed by atoms with van der Waals surface area (Å²) in [7, 11) is 1.46. The maximum absolute atomic E-state index is 13.6. The number of nitrogens with one attached hydrogen (secondary N) is 1. The second-order valence-corrected chi connectivity index (χ2v) is 4.88. The van der Waals surface area contributed by atoms with E-state index in [0.717, 1.165) is 44.7 Å². The highest BCUT2D eigenvalue weighted by molar-refractivity contribution is 5.30. The summed E-state index contributed by atoms with van der Waals surface area (Å²) < 4.78 is 18.5. The first-order valence-electron chi connectivity index (χ1n) is 6.73. The van der Waals surface area contributed by atoms with Crippen molar-refractivity contribution in [3.8, 4) is 5.75 Å². The van der Waals surface area contributed by atoms with Crippen molar-refractivity contribution in [2.24, 2.45) is 5.73 Å². The molecule has 0 spiro atoms. The fraction of sp³-hybridized carbons (Fsp3) is 0.571. The largest absolute Gasteiger partial charge is 0.494 e. The number of hydrogen-bond acceptors (Lipinski definition) is 4. The van der Waals surface area contributed by atoms with Crippen molar-refractivity contribution in [1.82, 2.24) is 10.2 Å². The van der Waals surface area contributed by atoms with E-state index in [1.54, 1.807) is 6.07 Å². The molecule has 19 heavy (non-hydrogen) atoms. The maximum atomic E-state index is 13.6. The van der Waals surface area contributed by atoms with Gasteiger partial charge in [-0.25, -0.2) is 4.39 Å². The quantitative estimate of drug-likeness (QED) is 0.839. The summed E-state index contributed by atoms with van der Waals surface area (Å²) in [5.41, 5.74) is 6.95. The molecule has 1 fully saturated rings. The molecule has 2 rings (SSSR count). The summed E-state index contributed by atoms with van der Waals surface area (Å²) in [6, 6.07) is 4.82. The topological polar surface area (TPSA) is 50.5 Å². The Morgan fingerprint density at radius 2 is 2.16 bits per heavy atom. The minimum Gasteiger partial charge on any atom is -0.494 e. The van der Waals surface area contributed by atoms with Gasteiger partial charge < -0.3 is 20.7 Å². The van der Waals surface area contributed by atoms with Crippen LogP contribution in [-0.4, -0.2) is 44.7 Å². The molecule has 0 amide bonds. The Balaban J connectivity index is 1.88. The van der Waals surface area contributed by atoms with Gasteiger partial charge in [0, 0.05) is 38.8 Å². The summed E-state index contributed by atoms with van der Waals surface area (Å²) in [6.07, 6.45) is 0.839. The van der Waals surface area contributed by atoms with Crippen LogP contribution in [0.2, 0.25) is 0 Å². The van der Waals surface area contributed by atoms with Crippen LogP contribution in [-0.2, 0) is 0 Å². The third-order valence-electron chi connectivity index (χ3n) is 3.57. The molecule has 0 aliphatic carbocycles. The molecule has 0 radical (unpaired) electrons. The SMILES string of the molecule is COc1ccc(C(N)CCN2CCNCC2)cc1F. The lowest BCUT2D eigenvalue weighted by Crippen LogP contribution is -2.44. The highest BCUT2D eigenvalue weighted by atomic mass is 19.1. The zero-order chi connectivity index (χ0) is 13.7. The van der Waals surface area contributed by atoms with Crippen molar-refractivity contribution in [3.05, 3.63) is 29.6 Å². The summed E-state index contributed by atoms with van der Waals surface area (Å²) in [6.45, 7) is 5.14. The molecule has 0 saturated carbocycles. The van der Waals surface area contributed by atoms with Gasteiger partial charge in [-0.3, -0.25) is 0 Å². The van der Waals surface area contributed by atoms with E-state index in [1.165, 1.54) is 13.2 Å². The fourth-order valence-electron chi connectivity index (χ4n) is 2.34. The zero-order valence-corrected chi connectivity index (χ0v) is 11.4. The van der Waals surface area contributed by atoms with Crippen molar-refractivity contribution in [2.75, 3.05) is 39.8 Å². The average molecular weight is 267 g/mol. The fourth-order valence-corrected chi connectivity index (χ4v) is 2.34. The molecule has 3 N–H and O–H groups in total.